The molecule has 6 nitrogen and oxygen atoms in total. The first kappa shape index (κ1) is 23.3. The van der Waals surface area contributed by atoms with Crippen molar-refractivity contribution in [1.29, 1.82) is 0 Å². The normalized spacial score (nSPS) is 14.8. The van der Waals surface area contributed by atoms with E-state index in [1.165, 1.54) is 16.9 Å². The van der Waals surface area contributed by atoms with Crippen LogP contribution in [0.3, 0.4) is 0 Å². The van der Waals surface area contributed by atoms with Gasteiger partial charge in [0.1, 0.15) is 22.2 Å². The number of aromatic nitrogens is 1. The summed E-state index contributed by atoms with van der Waals surface area (Å²) in [7, 11) is 1.68. The van der Waals surface area contributed by atoms with E-state index in [0.717, 1.165) is 54.7 Å². The van der Waals surface area contributed by atoms with Gasteiger partial charge >= 0.3 is 0 Å². The molecule has 3 aromatic rings. The van der Waals surface area contributed by atoms with Crippen molar-refractivity contribution in [2.45, 2.75) is 32.9 Å². The lowest BCUT2D eigenvalue weighted by molar-refractivity contribution is 0.0756. The summed E-state index contributed by atoms with van der Waals surface area (Å²) in [6.07, 6.45) is 1.09. The zero-order valence-electron chi connectivity index (χ0n) is 19.5. The molecular weight excluding hydrogens is 434 g/mol. The topological polar surface area (TPSA) is 54.9 Å². The third kappa shape index (κ3) is 6.12. The Hall–Kier alpha value is -2.90. The molecule has 2 aromatic carbocycles. The molecule has 1 fully saturated rings. The maximum absolute atomic E-state index is 13.1. The highest BCUT2D eigenvalue weighted by Gasteiger charge is 2.22. The molecule has 0 atom stereocenters. The molecule has 0 unspecified atom stereocenters. The summed E-state index contributed by atoms with van der Waals surface area (Å²) in [5.41, 5.74) is 2.78. The van der Waals surface area contributed by atoms with E-state index < -0.39 is 0 Å². The van der Waals surface area contributed by atoms with Gasteiger partial charge in [-0.1, -0.05) is 12.1 Å². The SMILES string of the molecule is COc1ccc(CN2CCCN(C(=O)c3csc(-c4ccc(OC(C)C)cc4)n3)CC2)cc1. The number of methoxy groups -OCH3 is 1. The Morgan fingerprint density at radius 1 is 1.00 bits per heavy atom. The molecule has 1 aliphatic rings. The Labute approximate surface area is 199 Å². The van der Waals surface area contributed by atoms with Crippen LogP contribution in [-0.2, 0) is 6.54 Å². The maximum atomic E-state index is 13.1. The summed E-state index contributed by atoms with van der Waals surface area (Å²) >= 11 is 1.51. The molecule has 1 saturated heterocycles. The Kier molecular flexibility index (Phi) is 7.62. The van der Waals surface area contributed by atoms with E-state index in [1.807, 2.05) is 60.5 Å². The molecule has 7 heteroatoms. The van der Waals surface area contributed by atoms with E-state index in [2.05, 4.69) is 22.0 Å². The van der Waals surface area contributed by atoms with Crippen molar-refractivity contribution in [3.05, 3.63) is 65.2 Å². The molecule has 0 N–H and O–H groups in total. The minimum absolute atomic E-state index is 0.0172. The monoisotopic (exact) mass is 465 g/mol. The van der Waals surface area contributed by atoms with Gasteiger partial charge in [-0.25, -0.2) is 4.98 Å². The summed E-state index contributed by atoms with van der Waals surface area (Å²) in [6, 6.07) is 16.1. The molecule has 0 saturated carbocycles. The standard InChI is InChI=1S/C26H31N3O3S/c1-19(2)32-23-11-7-21(8-12-23)25-27-24(18-33-25)26(30)29-14-4-13-28(15-16-29)17-20-5-9-22(31-3)10-6-20/h5-12,18-19H,4,13-17H2,1-3H3. The highest BCUT2D eigenvalue weighted by Crippen LogP contribution is 2.27. The number of carbonyl (C=O) groups is 1. The number of amides is 1. The van der Waals surface area contributed by atoms with Crippen LogP contribution >= 0.6 is 11.3 Å². The Morgan fingerprint density at radius 2 is 1.73 bits per heavy atom. The van der Waals surface area contributed by atoms with Gasteiger partial charge in [-0.3, -0.25) is 9.69 Å². The highest BCUT2D eigenvalue weighted by molar-refractivity contribution is 7.13. The number of thiazole rings is 1. The zero-order valence-corrected chi connectivity index (χ0v) is 20.3. The van der Waals surface area contributed by atoms with E-state index in [4.69, 9.17) is 9.47 Å². The number of carbonyl (C=O) groups excluding carboxylic acids is 1. The molecule has 33 heavy (non-hydrogen) atoms. The Morgan fingerprint density at radius 3 is 2.42 bits per heavy atom. The van der Waals surface area contributed by atoms with Crippen molar-refractivity contribution in [3.63, 3.8) is 0 Å². The van der Waals surface area contributed by atoms with Crippen LogP contribution < -0.4 is 9.47 Å². The van der Waals surface area contributed by atoms with Crippen LogP contribution in [0.2, 0.25) is 0 Å². The number of hydrogen-bond acceptors (Lipinski definition) is 6. The van der Waals surface area contributed by atoms with E-state index >= 15 is 0 Å². The molecule has 2 heterocycles. The van der Waals surface area contributed by atoms with Gasteiger partial charge in [0.05, 0.1) is 13.2 Å². The average molecular weight is 466 g/mol. The summed E-state index contributed by atoms with van der Waals surface area (Å²) in [5, 5.41) is 2.72. The number of nitrogens with zero attached hydrogens (tertiary/aromatic N) is 3. The van der Waals surface area contributed by atoms with Crippen LogP contribution in [-0.4, -0.2) is 60.1 Å². The van der Waals surface area contributed by atoms with Crippen molar-refractivity contribution in [2.24, 2.45) is 0 Å². The number of rotatable bonds is 7. The fourth-order valence-electron chi connectivity index (χ4n) is 3.94. The summed E-state index contributed by atoms with van der Waals surface area (Å²) < 4.78 is 11.0. The largest absolute Gasteiger partial charge is 0.497 e. The van der Waals surface area contributed by atoms with Gasteiger partial charge in [0.15, 0.2) is 0 Å². The molecule has 0 spiro atoms. The minimum atomic E-state index is 0.0172. The van der Waals surface area contributed by atoms with Crippen LogP contribution in [0.5, 0.6) is 11.5 Å². The third-order valence-electron chi connectivity index (χ3n) is 5.64. The van der Waals surface area contributed by atoms with Crippen LogP contribution in [0.4, 0.5) is 0 Å². The molecule has 4 rings (SSSR count). The summed E-state index contributed by atoms with van der Waals surface area (Å²) in [6.45, 7) is 8.19. The van der Waals surface area contributed by atoms with Crippen molar-refractivity contribution in [3.8, 4) is 22.1 Å². The minimum Gasteiger partial charge on any atom is -0.497 e. The predicted octanol–water partition coefficient (Wildman–Crippen LogP) is 4.95. The van der Waals surface area contributed by atoms with Crippen molar-refractivity contribution >= 4 is 17.2 Å². The fourth-order valence-corrected chi connectivity index (χ4v) is 4.74. The first-order valence-corrected chi connectivity index (χ1v) is 12.3. The second kappa shape index (κ2) is 10.8. The number of benzene rings is 2. The second-order valence-electron chi connectivity index (χ2n) is 8.50. The first-order valence-electron chi connectivity index (χ1n) is 11.4. The van der Waals surface area contributed by atoms with E-state index in [1.54, 1.807) is 7.11 Å². The molecule has 0 radical (unpaired) electrons. The van der Waals surface area contributed by atoms with Crippen molar-refractivity contribution in [2.75, 3.05) is 33.3 Å². The van der Waals surface area contributed by atoms with Gasteiger partial charge in [0.2, 0.25) is 0 Å². The Bertz CT molecular complexity index is 1050. The van der Waals surface area contributed by atoms with Gasteiger partial charge in [-0.2, -0.15) is 0 Å². The lowest BCUT2D eigenvalue weighted by Gasteiger charge is -2.21. The van der Waals surface area contributed by atoms with Crippen LogP contribution in [0.25, 0.3) is 10.6 Å². The van der Waals surface area contributed by atoms with Gasteiger partial charge in [-0.15, -0.1) is 11.3 Å². The predicted molar refractivity (Wildman–Crippen MR) is 132 cm³/mol. The Balaban J connectivity index is 1.35. The average Bonchev–Trinajstić information content (AvgIpc) is 3.20. The van der Waals surface area contributed by atoms with Gasteiger partial charge < -0.3 is 14.4 Å². The summed E-state index contributed by atoms with van der Waals surface area (Å²) in [4.78, 5) is 22.1. The summed E-state index contributed by atoms with van der Waals surface area (Å²) in [5.74, 6) is 1.72. The van der Waals surface area contributed by atoms with E-state index in [0.29, 0.717) is 12.2 Å². The van der Waals surface area contributed by atoms with Crippen molar-refractivity contribution in [1.82, 2.24) is 14.8 Å². The van der Waals surface area contributed by atoms with Gasteiger partial charge in [-0.05, 0) is 62.2 Å². The molecule has 0 bridgehead atoms. The van der Waals surface area contributed by atoms with E-state index in [-0.39, 0.29) is 12.0 Å². The molecular formula is C26H31N3O3S. The molecule has 1 aliphatic heterocycles. The van der Waals surface area contributed by atoms with Crippen LogP contribution in [0.1, 0.15) is 36.3 Å². The molecule has 1 amide bonds. The van der Waals surface area contributed by atoms with Crippen LogP contribution in [0, 0.1) is 0 Å². The molecule has 0 aliphatic carbocycles. The lowest BCUT2D eigenvalue weighted by Crippen LogP contribution is -2.35. The van der Waals surface area contributed by atoms with Gasteiger partial charge in [0, 0.05) is 43.7 Å². The smallest absolute Gasteiger partial charge is 0.273 e. The highest BCUT2D eigenvalue weighted by atomic mass is 32.1. The van der Waals surface area contributed by atoms with Crippen LogP contribution in [0.15, 0.2) is 53.9 Å². The maximum Gasteiger partial charge on any atom is 0.273 e. The quantitative estimate of drug-likeness (QED) is 0.494. The molecule has 174 valence electrons. The third-order valence-corrected chi connectivity index (χ3v) is 6.53. The van der Waals surface area contributed by atoms with Gasteiger partial charge in [0.25, 0.3) is 5.91 Å². The zero-order chi connectivity index (χ0) is 23.2. The number of ether oxygens (including phenoxy) is 2. The second-order valence-corrected chi connectivity index (χ2v) is 9.36. The number of hydrogen-bond donors (Lipinski definition) is 0. The van der Waals surface area contributed by atoms with E-state index in [9.17, 15) is 4.79 Å². The lowest BCUT2D eigenvalue weighted by atomic mass is 10.2. The fraction of sp³-hybridized carbons (Fsp3) is 0.385. The van der Waals surface area contributed by atoms with Crippen molar-refractivity contribution < 1.29 is 14.3 Å². The molecule has 1 aromatic heterocycles. The first-order chi connectivity index (χ1) is 16.0.